The zero-order valence-electron chi connectivity index (χ0n) is 13.6. The summed E-state index contributed by atoms with van der Waals surface area (Å²) in [5.74, 6) is 0.719. The average molecular weight is 358 g/mol. The Balaban J connectivity index is 1.56. The van der Waals surface area contributed by atoms with E-state index < -0.39 is 0 Å². The van der Waals surface area contributed by atoms with Crippen molar-refractivity contribution in [1.82, 2.24) is 10.4 Å². The molecule has 25 heavy (non-hydrogen) atoms. The number of nitrogens with zero attached hydrogens (tertiary/aromatic N) is 4. The first-order valence-electron chi connectivity index (χ1n) is 7.92. The molecule has 2 aromatic rings. The first-order valence-corrected chi connectivity index (χ1v) is 8.33. The van der Waals surface area contributed by atoms with Crippen LogP contribution in [0.25, 0.3) is 0 Å². The zero-order chi connectivity index (χ0) is 17.6. The van der Waals surface area contributed by atoms with Crippen LogP contribution in [0.15, 0.2) is 47.7 Å². The summed E-state index contributed by atoms with van der Waals surface area (Å²) in [6, 6.07) is 10.5. The van der Waals surface area contributed by atoms with Crippen LogP contribution in [0.1, 0.15) is 5.56 Å². The molecule has 3 rings (SSSR count). The number of hydrazone groups is 1. The fourth-order valence-corrected chi connectivity index (χ4v) is 2.73. The predicted molar refractivity (Wildman–Crippen MR) is 103 cm³/mol. The van der Waals surface area contributed by atoms with Gasteiger partial charge in [-0.25, -0.2) is 9.37 Å². The van der Waals surface area contributed by atoms with E-state index in [4.69, 9.17) is 5.73 Å². The van der Waals surface area contributed by atoms with Crippen LogP contribution in [-0.2, 0) is 0 Å². The van der Waals surface area contributed by atoms with E-state index >= 15 is 0 Å². The smallest absolute Gasteiger partial charge is 0.184 e. The van der Waals surface area contributed by atoms with Gasteiger partial charge < -0.3 is 15.5 Å². The Morgan fingerprint density at radius 2 is 1.80 bits per heavy atom. The lowest BCUT2D eigenvalue weighted by atomic mass is 10.2. The third-order valence-corrected chi connectivity index (χ3v) is 4.05. The molecule has 1 fully saturated rings. The highest BCUT2D eigenvalue weighted by Crippen LogP contribution is 2.19. The summed E-state index contributed by atoms with van der Waals surface area (Å²) in [5.41, 5.74) is 9.71. The molecule has 0 bridgehead atoms. The van der Waals surface area contributed by atoms with Crippen molar-refractivity contribution in [2.75, 3.05) is 36.0 Å². The van der Waals surface area contributed by atoms with Gasteiger partial charge in [-0.3, -0.25) is 5.43 Å². The Morgan fingerprint density at radius 3 is 2.40 bits per heavy atom. The molecule has 3 N–H and O–H groups in total. The quantitative estimate of drug-likeness (QED) is 0.493. The molecule has 0 spiro atoms. The van der Waals surface area contributed by atoms with Crippen molar-refractivity contribution in [1.29, 1.82) is 0 Å². The Kier molecular flexibility index (Phi) is 5.39. The molecule has 0 atom stereocenters. The van der Waals surface area contributed by atoms with E-state index in [0.29, 0.717) is 0 Å². The molecule has 8 heteroatoms. The molecule has 0 amide bonds. The molecule has 1 aromatic heterocycles. The van der Waals surface area contributed by atoms with Crippen LogP contribution >= 0.6 is 12.2 Å². The molecule has 0 radical (unpaired) electrons. The molecular formula is C17H19FN6S. The minimum absolute atomic E-state index is 0.125. The number of hydrogen-bond acceptors (Lipinski definition) is 5. The summed E-state index contributed by atoms with van der Waals surface area (Å²) in [4.78, 5) is 8.96. The van der Waals surface area contributed by atoms with Gasteiger partial charge in [0.25, 0.3) is 0 Å². The number of nitrogens with two attached hydrogens (primary N) is 1. The fourth-order valence-electron chi connectivity index (χ4n) is 2.68. The highest BCUT2D eigenvalue weighted by atomic mass is 32.1. The minimum atomic E-state index is -0.210. The van der Waals surface area contributed by atoms with Crippen molar-refractivity contribution in [3.63, 3.8) is 0 Å². The lowest BCUT2D eigenvalue weighted by Crippen LogP contribution is -2.46. The van der Waals surface area contributed by atoms with Gasteiger partial charge in [-0.15, -0.1) is 0 Å². The van der Waals surface area contributed by atoms with Gasteiger partial charge in [0.15, 0.2) is 5.11 Å². The van der Waals surface area contributed by atoms with E-state index in [9.17, 15) is 4.39 Å². The maximum atomic E-state index is 13.0. The molecule has 1 aliphatic rings. The van der Waals surface area contributed by atoms with Crippen molar-refractivity contribution in [3.05, 3.63) is 54.0 Å². The molecular weight excluding hydrogens is 339 g/mol. The highest BCUT2D eigenvalue weighted by molar-refractivity contribution is 7.80. The van der Waals surface area contributed by atoms with Gasteiger partial charge in [0.1, 0.15) is 11.6 Å². The van der Waals surface area contributed by atoms with Crippen LogP contribution in [0.4, 0.5) is 15.9 Å². The van der Waals surface area contributed by atoms with E-state index in [1.165, 1.54) is 12.1 Å². The van der Waals surface area contributed by atoms with Gasteiger partial charge in [0.2, 0.25) is 0 Å². The maximum Gasteiger partial charge on any atom is 0.184 e. The number of pyridine rings is 1. The highest BCUT2D eigenvalue weighted by Gasteiger charge is 2.18. The van der Waals surface area contributed by atoms with Gasteiger partial charge >= 0.3 is 0 Å². The first-order chi connectivity index (χ1) is 12.1. The van der Waals surface area contributed by atoms with Crippen LogP contribution < -0.4 is 21.0 Å². The lowest BCUT2D eigenvalue weighted by molar-refractivity contribution is 0.624. The standard InChI is InChI=1S/C17H19FN6S/c18-14-2-4-15(5-3-14)23-7-9-24(10-8-23)16-6-1-13(11-20-16)12-21-22-17(19)25/h1-6,11-12H,7-10H2,(H3,19,22,25). The van der Waals surface area contributed by atoms with Crippen LogP contribution in [0.5, 0.6) is 0 Å². The van der Waals surface area contributed by atoms with E-state index in [1.54, 1.807) is 12.4 Å². The van der Waals surface area contributed by atoms with Crippen molar-refractivity contribution in [2.45, 2.75) is 0 Å². The fraction of sp³-hybridized carbons (Fsp3) is 0.235. The monoisotopic (exact) mass is 358 g/mol. The van der Waals surface area contributed by atoms with E-state index in [0.717, 1.165) is 43.2 Å². The normalized spacial score (nSPS) is 14.8. The summed E-state index contributed by atoms with van der Waals surface area (Å²) in [5, 5.41) is 4.03. The molecule has 0 saturated carbocycles. The first kappa shape index (κ1) is 17.1. The number of aromatic nitrogens is 1. The summed E-state index contributed by atoms with van der Waals surface area (Å²) in [6.07, 6.45) is 3.37. The molecule has 2 heterocycles. The van der Waals surface area contributed by atoms with Crippen molar-refractivity contribution in [3.8, 4) is 0 Å². The second-order valence-electron chi connectivity index (χ2n) is 5.63. The number of rotatable bonds is 4. The SMILES string of the molecule is NC(=S)NN=Cc1ccc(N2CCN(c3ccc(F)cc3)CC2)nc1. The van der Waals surface area contributed by atoms with Gasteiger partial charge in [0, 0.05) is 43.6 Å². The number of halogens is 1. The Bertz CT molecular complexity index is 739. The molecule has 1 aliphatic heterocycles. The molecule has 0 unspecified atom stereocenters. The number of piperazine rings is 1. The van der Waals surface area contributed by atoms with E-state index in [1.807, 2.05) is 24.3 Å². The number of hydrogen-bond donors (Lipinski definition) is 2. The topological polar surface area (TPSA) is 69.8 Å². The van der Waals surface area contributed by atoms with Crippen LogP contribution in [0.3, 0.4) is 0 Å². The molecule has 1 aromatic carbocycles. The average Bonchev–Trinajstić information content (AvgIpc) is 2.63. The molecule has 130 valence electrons. The summed E-state index contributed by atoms with van der Waals surface area (Å²) < 4.78 is 13.0. The third-order valence-electron chi connectivity index (χ3n) is 3.95. The molecule has 0 aliphatic carbocycles. The largest absolute Gasteiger partial charge is 0.375 e. The van der Waals surface area contributed by atoms with Gasteiger partial charge in [-0.2, -0.15) is 5.10 Å². The number of benzene rings is 1. The third kappa shape index (κ3) is 4.63. The Hall–Kier alpha value is -2.74. The van der Waals surface area contributed by atoms with Crippen molar-refractivity contribution < 1.29 is 4.39 Å². The molecule has 6 nitrogen and oxygen atoms in total. The van der Waals surface area contributed by atoms with Crippen LogP contribution in [-0.4, -0.2) is 42.5 Å². The second-order valence-corrected chi connectivity index (χ2v) is 6.07. The summed E-state index contributed by atoms with van der Waals surface area (Å²) >= 11 is 4.68. The van der Waals surface area contributed by atoms with Gasteiger partial charge in [-0.1, -0.05) is 0 Å². The second kappa shape index (κ2) is 7.89. The summed E-state index contributed by atoms with van der Waals surface area (Å²) in [6.45, 7) is 3.46. The van der Waals surface area contributed by atoms with E-state index in [2.05, 4.69) is 37.5 Å². The van der Waals surface area contributed by atoms with Crippen LogP contribution in [0.2, 0.25) is 0 Å². The predicted octanol–water partition coefficient (Wildman–Crippen LogP) is 1.71. The molecule has 1 saturated heterocycles. The number of thiocarbonyl (C=S) groups is 1. The number of nitrogens with one attached hydrogen (secondary N) is 1. The zero-order valence-corrected chi connectivity index (χ0v) is 14.4. The Labute approximate surface area is 151 Å². The Morgan fingerprint density at radius 1 is 1.12 bits per heavy atom. The van der Waals surface area contributed by atoms with Crippen LogP contribution in [0, 0.1) is 5.82 Å². The van der Waals surface area contributed by atoms with E-state index in [-0.39, 0.29) is 10.9 Å². The minimum Gasteiger partial charge on any atom is -0.375 e. The maximum absolute atomic E-state index is 13.0. The summed E-state index contributed by atoms with van der Waals surface area (Å²) in [7, 11) is 0. The van der Waals surface area contributed by atoms with Crippen molar-refractivity contribution >= 4 is 35.1 Å². The number of anilines is 2. The lowest BCUT2D eigenvalue weighted by Gasteiger charge is -2.36. The van der Waals surface area contributed by atoms with Gasteiger partial charge in [0.05, 0.1) is 6.21 Å². The van der Waals surface area contributed by atoms with Crippen molar-refractivity contribution in [2.24, 2.45) is 10.8 Å². The van der Waals surface area contributed by atoms with Gasteiger partial charge in [-0.05, 0) is 48.6 Å².